The fourth-order valence-corrected chi connectivity index (χ4v) is 3.96. The average molecular weight is 282 g/mol. The van der Waals surface area contributed by atoms with E-state index in [1.807, 2.05) is 0 Å². The number of allylic oxidation sites excluding steroid dienone is 1. The first-order valence-electron chi connectivity index (χ1n) is 7.59. The Bertz CT molecular complexity index is 411. The number of methoxy groups -OCH3 is 1. The highest BCUT2D eigenvalue weighted by molar-refractivity contribution is 5.20. The van der Waals surface area contributed by atoms with E-state index < -0.39 is 6.10 Å². The van der Waals surface area contributed by atoms with Gasteiger partial charge in [0.05, 0.1) is 36.4 Å². The van der Waals surface area contributed by atoms with E-state index in [1.54, 1.807) is 7.11 Å². The fourth-order valence-electron chi connectivity index (χ4n) is 3.96. The molecule has 6 atom stereocenters. The molecule has 2 aliphatic heterocycles. The molecule has 3 aliphatic rings. The zero-order valence-corrected chi connectivity index (χ0v) is 12.9. The summed E-state index contributed by atoms with van der Waals surface area (Å²) in [4.78, 5) is 0. The fraction of sp³-hybridized carbons (Fsp3) is 0.875. The van der Waals surface area contributed by atoms with Crippen LogP contribution in [0.5, 0.6) is 0 Å². The Morgan fingerprint density at radius 1 is 1.45 bits per heavy atom. The van der Waals surface area contributed by atoms with Gasteiger partial charge >= 0.3 is 0 Å². The molecule has 0 amide bonds. The van der Waals surface area contributed by atoms with Gasteiger partial charge in [0.1, 0.15) is 5.60 Å². The molecule has 0 aromatic heterocycles. The summed E-state index contributed by atoms with van der Waals surface area (Å²) in [6.45, 7) is 7.13. The molecule has 0 bridgehead atoms. The predicted octanol–water partition coefficient (Wildman–Crippen LogP) is 2.06. The lowest BCUT2D eigenvalue weighted by Crippen LogP contribution is -2.54. The predicted molar refractivity (Wildman–Crippen MR) is 75.5 cm³/mol. The first-order valence-corrected chi connectivity index (χ1v) is 7.59. The second-order valence-corrected chi connectivity index (χ2v) is 6.94. The van der Waals surface area contributed by atoms with Crippen molar-refractivity contribution in [2.24, 2.45) is 5.92 Å². The van der Waals surface area contributed by atoms with E-state index in [9.17, 15) is 5.11 Å². The molecule has 1 spiro atoms. The first kappa shape index (κ1) is 14.5. The van der Waals surface area contributed by atoms with Crippen LogP contribution in [0, 0.1) is 5.92 Å². The van der Waals surface area contributed by atoms with Crippen LogP contribution in [0.15, 0.2) is 11.6 Å². The summed E-state index contributed by atoms with van der Waals surface area (Å²) in [6.07, 6.45) is 4.43. The van der Waals surface area contributed by atoms with Crippen LogP contribution < -0.4 is 0 Å². The van der Waals surface area contributed by atoms with Gasteiger partial charge in [-0.15, -0.1) is 0 Å². The summed E-state index contributed by atoms with van der Waals surface area (Å²) in [6, 6.07) is 0. The van der Waals surface area contributed by atoms with E-state index in [0.29, 0.717) is 0 Å². The van der Waals surface area contributed by atoms with Crippen molar-refractivity contribution in [1.29, 1.82) is 0 Å². The quantitative estimate of drug-likeness (QED) is 0.633. The molecule has 1 saturated carbocycles. The normalized spacial score (nSPS) is 50.0. The Kier molecular flexibility index (Phi) is 3.49. The van der Waals surface area contributed by atoms with E-state index in [1.165, 1.54) is 5.57 Å². The number of hydrogen-bond donors (Lipinski definition) is 1. The molecule has 4 nitrogen and oxygen atoms in total. The number of aliphatic hydroxyl groups is 1. The zero-order valence-electron chi connectivity index (χ0n) is 12.9. The van der Waals surface area contributed by atoms with Crippen LogP contribution in [0.25, 0.3) is 0 Å². The van der Waals surface area contributed by atoms with Gasteiger partial charge in [-0.05, 0) is 40.0 Å². The Hall–Kier alpha value is -0.420. The van der Waals surface area contributed by atoms with Crippen molar-refractivity contribution >= 4 is 0 Å². The van der Waals surface area contributed by atoms with Crippen molar-refractivity contribution < 1.29 is 19.3 Å². The Morgan fingerprint density at radius 2 is 2.15 bits per heavy atom. The monoisotopic (exact) mass is 282 g/mol. The minimum Gasteiger partial charge on any atom is -0.390 e. The molecule has 2 heterocycles. The van der Waals surface area contributed by atoms with Crippen molar-refractivity contribution in [1.82, 2.24) is 0 Å². The van der Waals surface area contributed by atoms with Crippen molar-refractivity contribution in [3.63, 3.8) is 0 Å². The van der Waals surface area contributed by atoms with Crippen molar-refractivity contribution in [3.05, 3.63) is 11.6 Å². The number of hydrogen-bond acceptors (Lipinski definition) is 4. The summed E-state index contributed by atoms with van der Waals surface area (Å²) in [7, 11) is 1.68. The smallest absolute Gasteiger partial charge is 0.101 e. The van der Waals surface area contributed by atoms with Crippen LogP contribution in [-0.4, -0.2) is 48.3 Å². The van der Waals surface area contributed by atoms with Gasteiger partial charge in [-0.1, -0.05) is 11.6 Å². The van der Waals surface area contributed by atoms with Crippen molar-refractivity contribution in [2.45, 2.75) is 69.5 Å². The number of ether oxygens (including phenoxy) is 3. The second kappa shape index (κ2) is 4.80. The minimum absolute atomic E-state index is 0.117. The lowest BCUT2D eigenvalue weighted by molar-refractivity contribution is -0.116. The molecule has 4 heteroatoms. The molecular formula is C16H26O4. The number of epoxide rings is 2. The minimum atomic E-state index is -0.412. The van der Waals surface area contributed by atoms with Gasteiger partial charge in [-0.2, -0.15) is 0 Å². The first-order chi connectivity index (χ1) is 9.43. The molecule has 3 rings (SSSR count). The van der Waals surface area contributed by atoms with Gasteiger partial charge in [0.2, 0.25) is 0 Å². The van der Waals surface area contributed by atoms with Crippen LogP contribution in [0.2, 0.25) is 0 Å². The van der Waals surface area contributed by atoms with Crippen LogP contribution >= 0.6 is 0 Å². The summed E-state index contributed by atoms with van der Waals surface area (Å²) < 4.78 is 17.4. The number of aliphatic hydroxyl groups excluding tert-OH is 1. The lowest BCUT2D eigenvalue weighted by atomic mass is 9.68. The Balaban J connectivity index is 1.78. The average Bonchev–Trinajstić information content (AvgIpc) is 3.29. The van der Waals surface area contributed by atoms with Crippen molar-refractivity contribution in [3.8, 4) is 0 Å². The zero-order chi connectivity index (χ0) is 14.5. The molecule has 0 radical (unpaired) electrons. The summed E-state index contributed by atoms with van der Waals surface area (Å²) in [5.74, 6) is 0.124. The van der Waals surface area contributed by atoms with Gasteiger partial charge in [0.25, 0.3) is 0 Å². The molecule has 1 aliphatic carbocycles. The lowest BCUT2D eigenvalue weighted by Gasteiger charge is -2.41. The van der Waals surface area contributed by atoms with Gasteiger partial charge in [0.15, 0.2) is 0 Å². The molecule has 20 heavy (non-hydrogen) atoms. The van der Waals surface area contributed by atoms with Gasteiger partial charge in [0, 0.05) is 7.11 Å². The standard InChI is InChI=1S/C16H26O4/c1-10(2)5-6-12-15(3,20-12)14-13(18-4)11(17)7-8-16(14)9-19-16/h5,11-14,17H,6-9H2,1-4H3/t11-,12?,13-,14-,15+,16+/m1/s1. The van der Waals surface area contributed by atoms with Crippen LogP contribution in [0.1, 0.15) is 40.0 Å². The maximum atomic E-state index is 10.2. The Labute approximate surface area is 121 Å². The molecule has 0 aromatic rings. The SMILES string of the molecule is CO[C@@H]1[C@H](O)CC[C@]2(CO2)[C@H]1[C@@]1(C)OC1CC=C(C)C. The topological polar surface area (TPSA) is 54.5 Å². The van der Waals surface area contributed by atoms with E-state index in [4.69, 9.17) is 14.2 Å². The van der Waals surface area contributed by atoms with E-state index >= 15 is 0 Å². The highest BCUT2D eigenvalue weighted by Crippen LogP contribution is 2.59. The Morgan fingerprint density at radius 3 is 2.70 bits per heavy atom. The third-order valence-corrected chi connectivity index (χ3v) is 5.26. The maximum absolute atomic E-state index is 10.2. The van der Waals surface area contributed by atoms with E-state index in [-0.39, 0.29) is 29.3 Å². The summed E-state index contributed by atoms with van der Waals surface area (Å²) in [5.41, 5.74) is 0.964. The van der Waals surface area contributed by atoms with E-state index in [0.717, 1.165) is 25.9 Å². The largest absolute Gasteiger partial charge is 0.390 e. The van der Waals surface area contributed by atoms with Crippen LogP contribution in [0.3, 0.4) is 0 Å². The molecule has 2 saturated heterocycles. The number of rotatable bonds is 4. The molecule has 1 unspecified atom stereocenters. The summed E-state index contributed by atoms with van der Waals surface area (Å²) >= 11 is 0. The van der Waals surface area contributed by atoms with Gasteiger partial charge in [-0.3, -0.25) is 0 Å². The van der Waals surface area contributed by atoms with Gasteiger partial charge in [-0.25, -0.2) is 0 Å². The molecule has 1 N–H and O–H groups in total. The molecule has 0 aromatic carbocycles. The molecular weight excluding hydrogens is 256 g/mol. The van der Waals surface area contributed by atoms with E-state index in [2.05, 4.69) is 26.8 Å². The molecule has 114 valence electrons. The van der Waals surface area contributed by atoms with Gasteiger partial charge < -0.3 is 19.3 Å². The molecule has 3 fully saturated rings. The maximum Gasteiger partial charge on any atom is 0.101 e. The highest BCUT2D eigenvalue weighted by Gasteiger charge is 2.71. The third kappa shape index (κ3) is 2.23. The van der Waals surface area contributed by atoms with Crippen LogP contribution in [-0.2, 0) is 14.2 Å². The third-order valence-electron chi connectivity index (χ3n) is 5.26. The van der Waals surface area contributed by atoms with Crippen molar-refractivity contribution in [2.75, 3.05) is 13.7 Å². The summed E-state index contributed by atoms with van der Waals surface area (Å²) in [5, 5.41) is 10.2. The highest BCUT2D eigenvalue weighted by atomic mass is 16.6. The second-order valence-electron chi connectivity index (χ2n) is 6.94. The van der Waals surface area contributed by atoms with Crippen LogP contribution in [0.4, 0.5) is 0 Å².